The highest BCUT2D eigenvalue weighted by molar-refractivity contribution is 7.85. The summed E-state index contributed by atoms with van der Waals surface area (Å²) in [6.07, 6.45) is 0. The average Bonchev–Trinajstić information content (AvgIpc) is 2.41. The number of carbonyl (C=O) groups is 1. The normalized spacial score (nSPS) is 12.1. The minimum atomic E-state index is -1.23. The highest BCUT2D eigenvalue weighted by atomic mass is 35.5. The number of benzene rings is 2. The Kier molecular flexibility index (Phi) is 5.10. The second-order valence-corrected chi connectivity index (χ2v) is 6.42. The first-order chi connectivity index (χ1) is 9.58. The SMILES string of the molecule is Cc1ccccc1CS(=O)CC(=O)c1ccccc1Cl. The van der Waals surface area contributed by atoms with Crippen molar-refractivity contribution < 1.29 is 9.00 Å². The van der Waals surface area contributed by atoms with Crippen molar-refractivity contribution in [1.29, 1.82) is 0 Å². The third kappa shape index (κ3) is 3.78. The molecule has 2 rings (SSSR count). The van der Waals surface area contributed by atoms with E-state index < -0.39 is 10.8 Å². The van der Waals surface area contributed by atoms with Gasteiger partial charge in [-0.1, -0.05) is 48.0 Å². The third-order valence-electron chi connectivity index (χ3n) is 3.04. The predicted molar refractivity (Wildman–Crippen MR) is 83.7 cm³/mol. The lowest BCUT2D eigenvalue weighted by molar-refractivity contribution is 0.102. The van der Waals surface area contributed by atoms with Crippen LogP contribution in [0.15, 0.2) is 48.5 Å². The van der Waals surface area contributed by atoms with Gasteiger partial charge in [-0.2, -0.15) is 0 Å². The van der Waals surface area contributed by atoms with Crippen molar-refractivity contribution in [2.75, 3.05) is 5.75 Å². The van der Waals surface area contributed by atoms with Gasteiger partial charge < -0.3 is 0 Å². The Labute approximate surface area is 126 Å². The standard InChI is InChI=1S/C16H15ClO2S/c1-12-6-2-3-7-13(12)10-20(19)11-16(18)14-8-4-5-9-15(14)17/h2-9H,10-11H2,1H3. The maximum absolute atomic E-state index is 12.1. The molecule has 0 fully saturated rings. The van der Waals surface area contributed by atoms with E-state index in [1.54, 1.807) is 24.3 Å². The van der Waals surface area contributed by atoms with E-state index in [4.69, 9.17) is 11.6 Å². The van der Waals surface area contributed by atoms with Crippen molar-refractivity contribution in [2.45, 2.75) is 12.7 Å². The van der Waals surface area contributed by atoms with E-state index in [-0.39, 0.29) is 11.5 Å². The van der Waals surface area contributed by atoms with Gasteiger partial charge in [-0.05, 0) is 30.2 Å². The lowest BCUT2D eigenvalue weighted by Crippen LogP contribution is -2.13. The molecule has 0 saturated heterocycles. The van der Waals surface area contributed by atoms with Crippen molar-refractivity contribution in [2.24, 2.45) is 0 Å². The van der Waals surface area contributed by atoms with E-state index in [0.29, 0.717) is 16.3 Å². The Hall–Kier alpha value is -1.45. The fourth-order valence-corrected chi connectivity index (χ4v) is 3.37. The molecular weight excluding hydrogens is 292 g/mol. The summed E-state index contributed by atoms with van der Waals surface area (Å²) in [7, 11) is -1.23. The molecule has 2 nitrogen and oxygen atoms in total. The summed E-state index contributed by atoms with van der Waals surface area (Å²) in [4.78, 5) is 12.1. The van der Waals surface area contributed by atoms with Crippen LogP contribution >= 0.6 is 11.6 Å². The van der Waals surface area contributed by atoms with Gasteiger partial charge >= 0.3 is 0 Å². The third-order valence-corrected chi connectivity index (χ3v) is 4.59. The van der Waals surface area contributed by atoms with E-state index >= 15 is 0 Å². The molecule has 2 aromatic carbocycles. The molecule has 1 unspecified atom stereocenters. The van der Waals surface area contributed by atoms with E-state index in [0.717, 1.165) is 11.1 Å². The van der Waals surface area contributed by atoms with Crippen molar-refractivity contribution in [3.05, 3.63) is 70.2 Å². The first kappa shape index (κ1) is 14.9. The summed E-state index contributed by atoms with van der Waals surface area (Å²) in [5.74, 6) is 0.212. The molecule has 0 spiro atoms. The molecule has 2 aromatic rings. The van der Waals surface area contributed by atoms with Crippen LogP contribution in [0.1, 0.15) is 21.5 Å². The van der Waals surface area contributed by atoms with Crippen LogP contribution in [0.5, 0.6) is 0 Å². The first-order valence-electron chi connectivity index (χ1n) is 6.25. The highest BCUT2D eigenvalue weighted by Gasteiger charge is 2.14. The largest absolute Gasteiger partial charge is 0.293 e. The minimum Gasteiger partial charge on any atom is -0.293 e. The van der Waals surface area contributed by atoms with Gasteiger partial charge in [0.05, 0.1) is 10.8 Å². The van der Waals surface area contributed by atoms with Crippen molar-refractivity contribution in [3.8, 4) is 0 Å². The van der Waals surface area contributed by atoms with Crippen LogP contribution in [0, 0.1) is 6.92 Å². The molecule has 0 aliphatic heterocycles. The summed E-state index contributed by atoms with van der Waals surface area (Å²) in [6.45, 7) is 1.97. The molecule has 0 aliphatic rings. The van der Waals surface area contributed by atoms with Gasteiger partial charge in [-0.3, -0.25) is 9.00 Å². The molecule has 0 heterocycles. The number of hydrogen-bond donors (Lipinski definition) is 0. The fraction of sp³-hybridized carbons (Fsp3) is 0.188. The Morgan fingerprint density at radius 3 is 2.45 bits per heavy atom. The molecule has 20 heavy (non-hydrogen) atoms. The Morgan fingerprint density at radius 2 is 1.75 bits per heavy atom. The lowest BCUT2D eigenvalue weighted by atomic mass is 10.1. The summed E-state index contributed by atoms with van der Waals surface area (Å²) < 4.78 is 12.1. The molecule has 0 N–H and O–H groups in total. The van der Waals surface area contributed by atoms with Crippen LogP contribution in [-0.4, -0.2) is 15.7 Å². The van der Waals surface area contributed by atoms with Crippen LogP contribution in [0.3, 0.4) is 0 Å². The van der Waals surface area contributed by atoms with Gasteiger partial charge in [0.2, 0.25) is 0 Å². The summed E-state index contributed by atoms with van der Waals surface area (Å²) in [5, 5.41) is 0.408. The first-order valence-corrected chi connectivity index (χ1v) is 8.11. The maximum atomic E-state index is 12.1. The Morgan fingerprint density at radius 1 is 1.10 bits per heavy atom. The van der Waals surface area contributed by atoms with Crippen LogP contribution in [0.25, 0.3) is 0 Å². The van der Waals surface area contributed by atoms with Crippen LogP contribution in [0.2, 0.25) is 5.02 Å². The van der Waals surface area contributed by atoms with Gasteiger partial charge in [-0.15, -0.1) is 0 Å². The second kappa shape index (κ2) is 6.82. The van der Waals surface area contributed by atoms with Crippen molar-refractivity contribution >= 4 is 28.2 Å². The molecule has 4 heteroatoms. The van der Waals surface area contributed by atoms with Crippen molar-refractivity contribution in [3.63, 3.8) is 0 Å². The van der Waals surface area contributed by atoms with Gasteiger partial charge in [0, 0.05) is 22.1 Å². The highest BCUT2D eigenvalue weighted by Crippen LogP contribution is 2.17. The molecular formula is C16H15ClO2S. The topological polar surface area (TPSA) is 34.1 Å². The van der Waals surface area contributed by atoms with Gasteiger partial charge in [0.25, 0.3) is 0 Å². The van der Waals surface area contributed by atoms with Crippen LogP contribution in [-0.2, 0) is 16.6 Å². The van der Waals surface area contributed by atoms with E-state index in [9.17, 15) is 9.00 Å². The van der Waals surface area contributed by atoms with E-state index in [1.807, 2.05) is 31.2 Å². The number of Topliss-reactive ketones (excluding diaryl/α,β-unsaturated/α-hetero) is 1. The summed E-state index contributed by atoms with van der Waals surface area (Å²) >= 11 is 5.97. The Balaban J connectivity index is 2.04. The number of rotatable bonds is 5. The van der Waals surface area contributed by atoms with Gasteiger partial charge in [0.15, 0.2) is 5.78 Å². The number of aryl methyl sites for hydroxylation is 1. The van der Waals surface area contributed by atoms with Crippen LogP contribution in [0.4, 0.5) is 0 Å². The Bertz CT molecular complexity index is 652. The predicted octanol–water partition coefficient (Wildman–Crippen LogP) is 3.78. The maximum Gasteiger partial charge on any atom is 0.176 e. The summed E-state index contributed by atoms with van der Waals surface area (Å²) in [6, 6.07) is 14.6. The smallest absolute Gasteiger partial charge is 0.176 e. The molecule has 104 valence electrons. The monoisotopic (exact) mass is 306 g/mol. The molecule has 0 amide bonds. The molecule has 0 radical (unpaired) electrons. The zero-order valence-electron chi connectivity index (χ0n) is 11.1. The molecule has 1 atom stereocenters. The van der Waals surface area contributed by atoms with Crippen LogP contribution < -0.4 is 0 Å². The second-order valence-electron chi connectivity index (χ2n) is 4.56. The van der Waals surface area contributed by atoms with Crippen molar-refractivity contribution in [1.82, 2.24) is 0 Å². The van der Waals surface area contributed by atoms with E-state index in [1.165, 1.54) is 0 Å². The average molecular weight is 307 g/mol. The van der Waals surface area contributed by atoms with Gasteiger partial charge in [-0.25, -0.2) is 0 Å². The molecule has 0 saturated carbocycles. The van der Waals surface area contributed by atoms with Gasteiger partial charge in [0.1, 0.15) is 0 Å². The quantitative estimate of drug-likeness (QED) is 0.788. The summed E-state index contributed by atoms with van der Waals surface area (Å²) in [5.41, 5.74) is 2.54. The zero-order valence-corrected chi connectivity index (χ0v) is 12.7. The number of ketones is 1. The fourth-order valence-electron chi connectivity index (χ4n) is 1.91. The zero-order chi connectivity index (χ0) is 14.5. The number of halogens is 1. The molecule has 0 aromatic heterocycles. The molecule has 0 aliphatic carbocycles. The lowest BCUT2D eigenvalue weighted by Gasteiger charge is -2.06. The van der Waals surface area contributed by atoms with E-state index in [2.05, 4.69) is 0 Å². The number of hydrogen-bond acceptors (Lipinski definition) is 2. The molecule has 0 bridgehead atoms. The minimum absolute atomic E-state index is 0.00192. The number of carbonyl (C=O) groups excluding carboxylic acids is 1.